The highest BCUT2D eigenvalue weighted by atomic mass is 16.6. The number of morpholine rings is 1. The summed E-state index contributed by atoms with van der Waals surface area (Å²) in [6, 6.07) is 9.71. The zero-order valence-corrected chi connectivity index (χ0v) is 16.3. The third-order valence-corrected chi connectivity index (χ3v) is 5.06. The van der Waals surface area contributed by atoms with E-state index in [0.717, 1.165) is 55.3 Å². The SMILES string of the molecule is Nc1nonc1-c1nc2cnccc2n1-c1ccc(OCCN2CCOCC2)cc1. The molecule has 154 valence electrons. The van der Waals surface area contributed by atoms with Crippen LogP contribution in [0.25, 0.3) is 28.2 Å². The highest BCUT2D eigenvalue weighted by Gasteiger charge is 2.20. The fraction of sp³-hybridized carbons (Fsp3) is 0.300. The lowest BCUT2D eigenvalue weighted by atomic mass is 10.2. The van der Waals surface area contributed by atoms with E-state index in [1.165, 1.54) is 0 Å². The van der Waals surface area contributed by atoms with Crippen LogP contribution >= 0.6 is 0 Å². The molecule has 1 aliphatic heterocycles. The first-order valence-corrected chi connectivity index (χ1v) is 9.74. The summed E-state index contributed by atoms with van der Waals surface area (Å²) in [6.45, 7) is 4.99. The topological polar surface area (TPSA) is 117 Å². The molecule has 0 aliphatic carbocycles. The van der Waals surface area contributed by atoms with Gasteiger partial charge in [0.25, 0.3) is 0 Å². The monoisotopic (exact) mass is 407 g/mol. The van der Waals surface area contributed by atoms with Gasteiger partial charge in [0.15, 0.2) is 17.3 Å². The van der Waals surface area contributed by atoms with Crippen LogP contribution in [0.2, 0.25) is 0 Å². The van der Waals surface area contributed by atoms with Crippen molar-refractivity contribution < 1.29 is 14.1 Å². The van der Waals surface area contributed by atoms with Crippen molar-refractivity contribution in [1.29, 1.82) is 0 Å². The molecule has 30 heavy (non-hydrogen) atoms. The number of fused-ring (bicyclic) bond motifs is 1. The van der Waals surface area contributed by atoms with Crippen LogP contribution < -0.4 is 10.5 Å². The second-order valence-corrected chi connectivity index (χ2v) is 6.93. The van der Waals surface area contributed by atoms with Gasteiger partial charge >= 0.3 is 0 Å². The lowest BCUT2D eigenvalue weighted by molar-refractivity contribution is 0.0322. The van der Waals surface area contributed by atoms with Crippen molar-refractivity contribution in [3.05, 3.63) is 42.7 Å². The summed E-state index contributed by atoms with van der Waals surface area (Å²) in [5.41, 5.74) is 8.79. The van der Waals surface area contributed by atoms with Gasteiger partial charge in [-0.25, -0.2) is 9.61 Å². The van der Waals surface area contributed by atoms with Crippen LogP contribution in [0.15, 0.2) is 47.4 Å². The van der Waals surface area contributed by atoms with Crippen molar-refractivity contribution in [3.63, 3.8) is 0 Å². The normalized spacial score (nSPS) is 14.9. The Hall–Kier alpha value is -3.50. The van der Waals surface area contributed by atoms with Crippen LogP contribution in [0.1, 0.15) is 0 Å². The van der Waals surface area contributed by atoms with E-state index in [9.17, 15) is 0 Å². The molecule has 4 heterocycles. The number of nitrogens with zero attached hydrogens (tertiary/aromatic N) is 6. The lowest BCUT2D eigenvalue weighted by Crippen LogP contribution is -2.38. The minimum absolute atomic E-state index is 0.183. The molecule has 10 nitrogen and oxygen atoms in total. The Labute approximate surface area is 172 Å². The molecule has 0 unspecified atom stereocenters. The molecule has 0 amide bonds. The molecule has 1 fully saturated rings. The van der Waals surface area contributed by atoms with Crippen molar-refractivity contribution in [3.8, 4) is 23.0 Å². The number of imidazole rings is 1. The second kappa shape index (κ2) is 8.09. The van der Waals surface area contributed by atoms with E-state index in [0.29, 0.717) is 18.1 Å². The number of rotatable bonds is 6. The first kappa shape index (κ1) is 18.5. The number of hydrogen-bond acceptors (Lipinski definition) is 9. The Balaban J connectivity index is 1.39. The maximum atomic E-state index is 5.92. The van der Waals surface area contributed by atoms with E-state index in [2.05, 4.69) is 25.2 Å². The van der Waals surface area contributed by atoms with Crippen LogP contribution in [-0.4, -0.2) is 69.2 Å². The number of benzene rings is 1. The van der Waals surface area contributed by atoms with Crippen LogP contribution in [0, 0.1) is 0 Å². The molecule has 0 radical (unpaired) electrons. The van der Waals surface area contributed by atoms with E-state index in [-0.39, 0.29) is 5.82 Å². The third-order valence-electron chi connectivity index (χ3n) is 5.06. The van der Waals surface area contributed by atoms with Gasteiger partial charge in [-0.3, -0.25) is 14.5 Å². The van der Waals surface area contributed by atoms with Gasteiger partial charge in [0.2, 0.25) is 0 Å². The van der Waals surface area contributed by atoms with Crippen LogP contribution in [-0.2, 0) is 4.74 Å². The molecule has 0 bridgehead atoms. The smallest absolute Gasteiger partial charge is 0.199 e. The molecule has 5 rings (SSSR count). The van der Waals surface area contributed by atoms with Crippen LogP contribution in [0.4, 0.5) is 5.82 Å². The predicted molar refractivity (Wildman–Crippen MR) is 109 cm³/mol. The van der Waals surface area contributed by atoms with Crippen molar-refractivity contribution in [2.75, 3.05) is 45.2 Å². The number of anilines is 1. The Kier molecular flexibility index (Phi) is 4.99. The summed E-state index contributed by atoms with van der Waals surface area (Å²) in [6.07, 6.45) is 3.42. The molecule has 1 saturated heterocycles. The third kappa shape index (κ3) is 3.58. The average Bonchev–Trinajstić information content (AvgIpc) is 3.38. The highest BCUT2D eigenvalue weighted by Crippen LogP contribution is 2.30. The number of ether oxygens (including phenoxy) is 2. The Morgan fingerprint density at radius 3 is 2.67 bits per heavy atom. The molecule has 3 aromatic heterocycles. The fourth-order valence-electron chi connectivity index (χ4n) is 3.51. The molecular formula is C20H21N7O3. The van der Waals surface area contributed by atoms with Crippen LogP contribution in [0.5, 0.6) is 5.75 Å². The summed E-state index contributed by atoms with van der Waals surface area (Å²) >= 11 is 0. The summed E-state index contributed by atoms with van der Waals surface area (Å²) in [7, 11) is 0. The molecule has 0 saturated carbocycles. The van der Waals surface area contributed by atoms with E-state index in [1.54, 1.807) is 12.4 Å². The summed E-state index contributed by atoms with van der Waals surface area (Å²) < 4.78 is 18.0. The van der Waals surface area contributed by atoms with Gasteiger partial charge in [-0.15, -0.1) is 0 Å². The Morgan fingerprint density at radius 2 is 1.90 bits per heavy atom. The first-order chi connectivity index (χ1) is 14.8. The van der Waals surface area contributed by atoms with Gasteiger partial charge in [-0.05, 0) is 40.6 Å². The fourth-order valence-corrected chi connectivity index (χ4v) is 3.51. The predicted octanol–water partition coefficient (Wildman–Crippen LogP) is 1.76. The van der Waals surface area contributed by atoms with Gasteiger partial charge in [-0.1, -0.05) is 0 Å². The van der Waals surface area contributed by atoms with Gasteiger partial charge in [0.05, 0.1) is 24.9 Å². The molecule has 0 spiro atoms. The molecule has 10 heteroatoms. The molecule has 1 aromatic carbocycles. The van der Waals surface area contributed by atoms with Crippen molar-refractivity contribution in [2.24, 2.45) is 0 Å². The van der Waals surface area contributed by atoms with Gasteiger partial charge in [0, 0.05) is 31.5 Å². The number of nitrogens with two attached hydrogens (primary N) is 1. The molecule has 4 aromatic rings. The van der Waals surface area contributed by atoms with Gasteiger partial charge in [0.1, 0.15) is 17.9 Å². The van der Waals surface area contributed by atoms with Crippen LogP contribution in [0.3, 0.4) is 0 Å². The van der Waals surface area contributed by atoms with E-state index in [1.807, 2.05) is 34.9 Å². The Bertz CT molecular complexity index is 1130. The molecule has 1 aliphatic rings. The maximum absolute atomic E-state index is 5.92. The standard InChI is InChI=1S/C20H21N7O3/c21-19-18(24-30-25-19)20-23-16-13-22-6-5-17(16)27(20)14-1-3-15(4-2-14)29-12-9-26-7-10-28-11-8-26/h1-6,13H,7-12H2,(H2,21,25). The average molecular weight is 407 g/mol. The van der Waals surface area contributed by atoms with Gasteiger partial charge < -0.3 is 15.2 Å². The number of pyridine rings is 1. The lowest BCUT2D eigenvalue weighted by Gasteiger charge is -2.26. The molecular weight excluding hydrogens is 386 g/mol. The number of hydrogen-bond donors (Lipinski definition) is 1. The van der Waals surface area contributed by atoms with Crippen molar-refractivity contribution in [1.82, 2.24) is 29.7 Å². The van der Waals surface area contributed by atoms with E-state index < -0.39 is 0 Å². The quantitative estimate of drug-likeness (QED) is 0.510. The minimum Gasteiger partial charge on any atom is -0.492 e. The summed E-state index contributed by atoms with van der Waals surface area (Å²) in [5.74, 6) is 1.53. The minimum atomic E-state index is 0.183. The summed E-state index contributed by atoms with van der Waals surface area (Å²) in [4.78, 5) is 11.1. The second-order valence-electron chi connectivity index (χ2n) is 6.93. The van der Waals surface area contributed by atoms with Crippen molar-refractivity contribution in [2.45, 2.75) is 0 Å². The van der Waals surface area contributed by atoms with E-state index >= 15 is 0 Å². The van der Waals surface area contributed by atoms with Crippen molar-refractivity contribution >= 4 is 16.9 Å². The first-order valence-electron chi connectivity index (χ1n) is 9.74. The maximum Gasteiger partial charge on any atom is 0.199 e. The molecule has 0 atom stereocenters. The molecule has 2 N–H and O–H groups in total. The van der Waals surface area contributed by atoms with Gasteiger partial charge in [-0.2, -0.15) is 0 Å². The number of aromatic nitrogens is 5. The van der Waals surface area contributed by atoms with E-state index in [4.69, 9.17) is 19.8 Å². The largest absolute Gasteiger partial charge is 0.492 e. The summed E-state index contributed by atoms with van der Waals surface area (Å²) in [5, 5.41) is 7.59. The zero-order valence-electron chi connectivity index (χ0n) is 16.3. The Morgan fingerprint density at radius 1 is 1.07 bits per heavy atom. The highest BCUT2D eigenvalue weighted by molar-refractivity contribution is 5.83. The number of nitrogen functional groups attached to an aromatic ring is 1. The zero-order chi connectivity index (χ0) is 20.3.